The molecule has 2 aromatic rings. The maximum absolute atomic E-state index is 9.83. The van der Waals surface area contributed by atoms with Crippen LogP contribution in [0.15, 0.2) is 24.3 Å². The smallest absolute Gasteiger partial charge is 0.195 e. The molecule has 0 amide bonds. The van der Waals surface area contributed by atoms with Crippen LogP contribution in [0.3, 0.4) is 0 Å². The van der Waals surface area contributed by atoms with Crippen molar-refractivity contribution < 1.29 is 5.11 Å². The Morgan fingerprint density at radius 3 is 2.76 bits per heavy atom. The van der Waals surface area contributed by atoms with Crippen molar-refractivity contribution in [3.05, 3.63) is 29.0 Å². The van der Waals surface area contributed by atoms with Crippen molar-refractivity contribution in [2.24, 2.45) is 5.92 Å². The number of para-hydroxylation sites is 1. The largest absolute Gasteiger partial charge is 0.507 e. The van der Waals surface area contributed by atoms with E-state index >= 15 is 0 Å². The second kappa shape index (κ2) is 4.71. The Bertz CT molecular complexity index is 571. The zero-order chi connectivity index (χ0) is 12.4. The van der Waals surface area contributed by atoms with E-state index in [0.717, 1.165) is 6.54 Å². The van der Waals surface area contributed by atoms with E-state index in [1.165, 1.54) is 0 Å². The molecule has 0 spiro atoms. The SMILES string of the molecule is CC(C)Cn1c(-c2ccccc2O)n[nH]c1=S. The Morgan fingerprint density at radius 1 is 1.41 bits per heavy atom. The Kier molecular flexibility index (Phi) is 3.28. The highest BCUT2D eigenvalue weighted by Crippen LogP contribution is 2.27. The lowest BCUT2D eigenvalue weighted by Crippen LogP contribution is -2.06. The van der Waals surface area contributed by atoms with Crippen LogP contribution in [-0.2, 0) is 6.54 Å². The fraction of sp³-hybridized carbons (Fsp3) is 0.333. The van der Waals surface area contributed by atoms with E-state index in [4.69, 9.17) is 12.2 Å². The van der Waals surface area contributed by atoms with Crippen molar-refractivity contribution in [3.8, 4) is 17.1 Å². The van der Waals surface area contributed by atoms with Gasteiger partial charge in [0.2, 0.25) is 0 Å². The number of phenolic OH excluding ortho intramolecular Hbond substituents is 1. The van der Waals surface area contributed by atoms with Crippen LogP contribution in [0.25, 0.3) is 11.4 Å². The predicted octanol–water partition coefficient (Wildman–Crippen LogP) is 2.97. The minimum atomic E-state index is 0.214. The van der Waals surface area contributed by atoms with Gasteiger partial charge in [0.25, 0.3) is 0 Å². The lowest BCUT2D eigenvalue weighted by molar-refractivity contribution is 0.474. The van der Waals surface area contributed by atoms with Gasteiger partial charge in [-0.2, -0.15) is 5.10 Å². The second-order valence-corrected chi connectivity index (χ2v) is 4.76. The van der Waals surface area contributed by atoms with Crippen LogP contribution in [0.4, 0.5) is 0 Å². The average Bonchev–Trinajstić information content (AvgIpc) is 2.61. The molecule has 0 fully saturated rings. The summed E-state index contributed by atoms with van der Waals surface area (Å²) in [4.78, 5) is 0. The predicted molar refractivity (Wildman–Crippen MR) is 69.4 cm³/mol. The van der Waals surface area contributed by atoms with Crippen molar-refractivity contribution in [2.75, 3.05) is 0 Å². The maximum Gasteiger partial charge on any atom is 0.195 e. The molecule has 5 heteroatoms. The van der Waals surface area contributed by atoms with E-state index in [1.807, 2.05) is 16.7 Å². The number of phenols is 1. The van der Waals surface area contributed by atoms with Gasteiger partial charge < -0.3 is 5.11 Å². The number of benzene rings is 1. The molecule has 1 aromatic heterocycles. The van der Waals surface area contributed by atoms with Crippen LogP contribution in [0, 0.1) is 10.7 Å². The van der Waals surface area contributed by atoms with E-state index in [1.54, 1.807) is 12.1 Å². The first-order valence-electron chi connectivity index (χ1n) is 5.53. The summed E-state index contributed by atoms with van der Waals surface area (Å²) in [6, 6.07) is 7.13. The van der Waals surface area contributed by atoms with E-state index in [2.05, 4.69) is 24.0 Å². The van der Waals surface area contributed by atoms with Gasteiger partial charge in [0.05, 0.1) is 5.56 Å². The molecular weight excluding hydrogens is 234 g/mol. The lowest BCUT2D eigenvalue weighted by atomic mass is 10.1. The monoisotopic (exact) mass is 249 g/mol. The highest BCUT2D eigenvalue weighted by molar-refractivity contribution is 7.71. The quantitative estimate of drug-likeness (QED) is 0.822. The molecule has 0 unspecified atom stereocenters. The number of hydrogen-bond donors (Lipinski definition) is 2. The molecule has 0 aliphatic rings. The van der Waals surface area contributed by atoms with Crippen LogP contribution in [0.5, 0.6) is 5.75 Å². The Hall–Kier alpha value is -1.62. The Balaban J connectivity index is 2.53. The highest BCUT2D eigenvalue weighted by Gasteiger charge is 2.12. The summed E-state index contributed by atoms with van der Waals surface area (Å²) in [6.45, 7) is 5.01. The number of H-pyrrole nitrogens is 1. The summed E-state index contributed by atoms with van der Waals surface area (Å²) in [6.07, 6.45) is 0. The summed E-state index contributed by atoms with van der Waals surface area (Å²) >= 11 is 5.20. The van der Waals surface area contributed by atoms with Crippen molar-refractivity contribution in [1.29, 1.82) is 0 Å². The minimum Gasteiger partial charge on any atom is -0.507 e. The summed E-state index contributed by atoms with van der Waals surface area (Å²) in [7, 11) is 0. The topological polar surface area (TPSA) is 53.8 Å². The van der Waals surface area contributed by atoms with Gasteiger partial charge in [-0.15, -0.1) is 0 Å². The second-order valence-electron chi connectivity index (χ2n) is 4.37. The van der Waals surface area contributed by atoms with E-state index < -0.39 is 0 Å². The normalized spacial score (nSPS) is 11.0. The average molecular weight is 249 g/mol. The van der Waals surface area contributed by atoms with E-state index in [9.17, 15) is 5.11 Å². The van der Waals surface area contributed by atoms with Crippen LogP contribution in [-0.4, -0.2) is 19.9 Å². The third kappa shape index (κ3) is 2.39. The van der Waals surface area contributed by atoms with Crippen LogP contribution in [0.2, 0.25) is 0 Å². The van der Waals surface area contributed by atoms with Gasteiger partial charge in [-0.05, 0) is 30.3 Å². The fourth-order valence-electron chi connectivity index (χ4n) is 1.72. The zero-order valence-electron chi connectivity index (χ0n) is 9.84. The van der Waals surface area contributed by atoms with Crippen molar-refractivity contribution in [2.45, 2.75) is 20.4 Å². The fourth-order valence-corrected chi connectivity index (χ4v) is 1.93. The molecular formula is C12H15N3OS. The number of rotatable bonds is 3. The van der Waals surface area contributed by atoms with Gasteiger partial charge in [-0.25, -0.2) is 0 Å². The van der Waals surface area contributed by atoms with Crippen LogP contribution in [0.1, 0.15) is 13.8 Å². The van der Waals surface area contributed by atoms with Gasteiger partial charge in [0.15, 0.2) is 10.6 Å². The Labute approximate surface area is 105 Å². The molecule has 17 heavy (non-hydrogen) atoms. The summed E-state index contributed by atoms with van der Waals surface area (Å²) in [5.41, 5.74) is 0.695. The molecule has 0 radical (unpaired) electrons. The molecule has 0 aliphatic heterocycles. The molecule has 0 aliphatic carbocycles. The first-order chi connectivity index (χ1) is 8.09. The molecule has 1 aromatic carbocycles. The number of hydrogen-bond acceptors (Lipinski definition) is 3. The number of aromatic nitrogens is 3. The molecule has 2 rings (SSSR count). The molecule has 90 valence electrons. The van der Waals surface area contributed by atoms with E-state index in [-0.39, 0.29) is 5.75 Å². The highest BCUT2D eigenvalue weighted by atomic mass is 32.1. The third-order valence-electron chi connectivity index (χ3n) is 2.45. The molecule has 0 saturated carbocycles. The zero-order valence-corrected chi connectivity index (χ0v) is 10.7. The summed E-state index contributed by atoms with van der Waals surface area (Å²) < 4.78 is 2.49. The van der Waals surface area contributed by atoms with Crippen LogP contribution < -0.4 is 0 Å². The molecule has 1 heterocycles. The third-order valence-corrected chi connectivity index (χ3v) is 2.76. The van der Waals surface area contributed by atoms with Gasteiger partial charge in [-0.1, -0.05) is 26.0 Å². The molecule has 0 atom stereocenters. The number of nitrogens with zero attached hydrogens (tertiary/aromatic N) is 2. The van der Waals surface area contributed by atoms with Gasteiger partial charge in [0, 0.05) is 6.54 Å². The summed E-state index contributed by atoms with van der Waals surface area (Å²) in [5.74, 6) is 1.36. The van der Waals surface area contributed by atoms with E-state index in [0.29, 0.717) is 22.1 Å². The first-order valence-corrected chi connectivity index (χ1v) is 5.94. The van der Waals surface area contributed by atoms with Crippen molar-refractivity contribution in [1.82, 2.24) is 14.8 Å². The first kappa shape index (κ1) is 11.9. The van der Waals surface area contributed by atoms with Gasteiger partial charge >= 0.3 is 0 Å². The number of aromatic amines is 1. The molecule has 0 saturated heterocycles. The Morgan fingerprint density at radius 2 is 2.12 bits per heavy atom. The molecule has 4 nitrogen and oxygen atoms in total. The molecule has 0 bridgehead atoms. The summed E-state index contributed by atoms with van der Waals surface area (Å²) in [5, 5.41) is 16.8. The van der Waals surface area contributed by atoms with Gasteiger partial charge in [0.1, 0.15) is 5.75 Å². The maximum atomic E-state index is 9.83. The number of aromatic hydroxyl groups is 1. The number of nitrogens with one attached hydrogen (secondary N) is 1. The lowest BCUT2D eigenvalue weighted by Gasteiger charge is -2.10. The van der Waals surface area contributed by atoms with Crippen molar-refractivity contribution >= 4 is 12.2 Å². The standard InChI is InChI=1S/C12H15N3OS/c1-8(2)7-15-11(13-14-12(15)17)9-5-3-4-6-10(9)16/h3-6,8,16H,7H2,1-2H3,(H,14,17). The van der Waals surface area contributed by atoms with Crippen LogP contribution >= 0.6 is 12.2 Å². The van der Waals surface area contributed by atoms with Crippen molar-refractivity contribution in [3.63, 3.8) is 0 Å². The van der Waals surface area contributed by atoms with Gasteiger partial charge in [-0.3, -0.25) is 9.67 Å². The molecule has 2 N–H and O–H groups in total. The minimum absolute atomic E-state index is 0.214.